The monoisotopic (exact) mass is 477 g/mol. The highest BCUT2D eigenvalue weighted by atomic mass is 35.5. The van der Waals surface area contributed by atoms with Crippen molar-refractivity contribution in [2.24, 2.45) is 0 Å². The number of fused-ring (bicyclic) bond motifs is 1. The average molecular weight is 478 g/mol. The van der Waals surface area contributed by atoms with Crippen LogP contribution in [0.3, 0.4) is 0 Å². The van der Waals surface area contributed by atoms with Gasteiger partial charge in [0, 0.05) is 30.2 Å². The van der Waals surface area contributed by atoms with Crippen LogP contribution < -0.4 is 10.2 Å². The number of anilines is 2. The van der Waals surface area contributed by atoms with E-state index in [2.05, 4.69) is 42.5 Å². The second kappa shape index (κ2) is 8.46. The summed E-state index contributed by atoms with van der Waals surface area (Å²) in [7, 11) is 2.08. The molecule has 0 bridgehead atoms. The highest BCUT2D eigenvalue weighted by Crippen LogP contribution is 2.40. The molecule has 0 radical (unpaired) electrons. The van der Waals surface area contributed by atoms with Gasteiger partial charge in [-0.25, -0.2) is 4.39 Å². The minimum Gasteiger partial charge on any atom is -0.365 e. The van der Waals surface area contributed by atoms with Crippen molar-refractivity contribution in [3.05, 3.63) is 45.5 Å². The van der Waals surface area contributed by atoms with Gasteiger partial charge in [0.2, 0.25) is 11.7 Å². The molecule has 1 N–H and O–H groups in total. The molecule has 1 saturated heterocycles. The number of nitrogens with zero attached hydrogens (tertiary/aromatic N) is 6. The Morgan fingerprint density at radius 2 is 2.09 bits per heavy atom. The smallest absolute Gasteiger partial charge is 0.231 e. The van der Waals surface area contributed by atoms with Gasteiger partial charge in [0.05, 0.1) is 22.7 Å². The molecule has 0 aliphatic carbocycles. The molecule has 0 saturated carbocycles. The van der Waals surface area contributed by atoms with E-state index in [0.717, 1.165) is 25.2 Å². The quantitative estimate of drug-likeness (QED) is 0.554. The third-order valence-electron chi connectivity index (χ3n) is 6.10. The van der Waals surface area contributed by atoms with Crippen molar-refractivity contribution in [2.75, 3.05) is 43.4 Å². The number of nitrogens with one attached hydrogen (secondary N) is 1. The number of rotatable bonds is 4. The van der Waals surface area contributed by atoms with Crippen molar-refractivity contribution >= 4 is 34.7 Å². The highest BCUT2D eigenvalue weighted by molar-refractivity contribution is 6.36. The molecule has 1 fully saturated rings. The number of likely N-dealkylation sites (N-methyl/N-ethyl adjacent to an activating group) is 1. The van der Waals surface area contributed by atoms with E-state index in [4.69, 9.17) is 27.7 Å². The number of halogens is 3. The fraction of sp³-hybridized carbons (Fsp3) is 0.429. The van der Waals surface area contributed by atoms with Gasteiger partial charge in [-0.1, -0.05) is 28.4 Å². The van der Waals surface area contributed by atoms with Gasteiger partial charge >= 0.3 is 0 Å². The molecule has 5 rings (SSSR count). The zero-order valence-electron chi connectivity index (χ0n) is 17.6. The Balaban J connectivity index is 1.48. The Bertz CT molecular complexity index is 1160. The summed E-state index contributed by atoms with van der Waals surface area (Å²) in [6.07, 6.45) is 0.984. The molecule has 8 nitrogen and oxygen atoms in total. The summed E-state index contributed by atoms with van der Waals surface area (Å²) in [6.45, 7) is 5.13. The fourth-order valence-electron chi connectivity index (χ4n) is 4.38. The first-order valence-electron chi connectivity index (χ1n) is 10.5. The molecule has 4 heterocycles. The number of hydrogen-bond acceptors (Lipinski definition) is 8. The Labute approximate surface area is 194 Å². The molecular weight excluding hydrogens is 456 g/mol. The maximum absolute atomic E-state index is 14.1. The van der Waals surface area contributed by atoms with E-state index in [0.29, 0.717) is 46.9 Å². The lowest BCUT2D eigenvalue weighted by atomic mass is 10.0. The van der Waals surface area contributed by atoms with Gasteiger partial charge in [-0.3, -0.25) is 0 Å². The van der Waals surface area contributed by atoms with Gasteiger partial charge < -0.3 is 19.6 Å². The van der Waals surface area contributed by atoms with Gasteiger partial charge in [-0.15, -0.1) is 10.2 Å². The number of hydrogen-bond donors (Lipinski definition) is 1. The van der Waals surface area contributed by atoms with E-state index in [1.807, 2.05) is 13.0 Å². The maximum Gasteiger partial charge on any atom is 0.231 e. The zero-order chi connectivity index (χ0) is 22.4. The number of benzene rings is 1. The largest absolute Gasteiger partial charge is 0.365 e. The fourth-order valence-corrected chi connectivity index (χ4v) is 5.06. The first-order chi connectivity index (χ1) is 15.4. The molecule has 0 spiro atoms. The molecule has 2 atom stereocenters. The summed E-state index contributed by atoms with van der Waals surface area (Å²) in [6, 6.07) is 4.36. The van der Waals surface area contributed by atoms with E-state index >= 15 is 0 Å². The maximum atomic E-state index is 14.1. The summed E-state index contributed by atoms with van der Waals surface area (Å²) < 4.78 is 19.7. The van der Waals surface area contributed by atoms with Crippen LogP contribution >= 0.6 is 23.2 Å². The van der Waals surface area contributed by atoms with Gasteiger partial charge in [0.15, 0.2) is 5.82 Å². The molecule has 168 valence electrons. The first-order valence-corrected chi connectivity index (χ1v) is 11.2. The molecule has 2 aliphatic rings. The SMILES string of the molecule is C[C@H](c1c(Cl)ccc(F)c1Cl)N1CCNc2nnc(-c3noc(C4CCN(C)C4)n3)cc21. The molecular formula is C21H22Cl2FN7O. The summed E-state index contributed by atoms with van der Waals surface area (Å²) >= 11 is 12.7. The molecule has 0 amide bonds. The Hall–Kier alpha value is -2.49. The van der Waals surface area contributed by atoms with Crippen LogP contribution in [0.5, 0.6) is 0 Å². The van der Waals surface area contributed by atoms with Crippen molar-refractivity contribution in [2.45, 2.75) is 25.3 Å². The van der Waals surface area contributed by atoms with Crippen LogP contribution in [-0.4, -0.2) is 58.5 Å². The van der Waals surface area contributed by atoms with Crippen molar-refractivity contribution < 1.29 is 8.91 Å². The van der Waals surface area contributed by atoms with Gasteiger partial charge in [0.25, 0.3) is 0 Å². The topological polar surface area (TPSA) is 83.2 Å². The predicted octanol–water partition coefficient (Wildman–Crippen LogP) is 4.38. The lowest BCUT2D eigenvalue weighted by Crippen LogP contribution is -2.37. The van der Waals surface area contributed by atoms with Crippen molar-refractivity contribution in [3.63, 3.8) is 0 Å². The molecule has 1 aromatic carbocycles. The molecule has 3 aromatic rings. The number of aromatic nitrogens is 4. The third-order valence-corrected chi connectivity index (χ3v) is 6.82. The van der Waals surface area contributed by atoms with Crippen molar-refractivity contribution in [1.29, 1.82) is 0 Å². The lowest BCUT2D eigenvalue weighted by molar-refractivity contribution is 0.344. The van der Waals surface area contributed by atoms with E-state index < -0.39 is 5.82 Å². The molecule has 1 unspecified atom stereocenters. The standard InChI is InChI=1S/C21H22Cl2FN7O/c1-11(17-13(22)3-4-14(24)18(17)23)31-8-6-25-20-16(31)9-15(27-28-20)19-26-21(32-29-19)12-5-7-30(2)10-12/h3-4,9,11-12H,5-8,10H2,1-2H3,(H,25,28)/t11-,12?/m1/s1. The van der Waals surface area contributed by atoms with Gasteiger partial charge in [-0.2, -0.15) is 4.98 Å². The van der Waals surface area contributed by atoms with Crippen LogP contribution in [0.15, 0.2) is 22.7 Å². The Morgan fingerprint density at radius 1 is 1.25 bits per heavy atom. The van der Waals surface area contributed by atoms with Gasteiger partial charge in [-0.05, 0) is 45.1 Å². The third kappa shape index (κ3) is 3.78. The van der Waals surface area contributed by atoms with Crippen LogP contribution in [0.1, 0.15) is 36.8 Å². The Morgan fingerprint density at radius 3 is 2.88 bits per heavy atom. The van der Waals surface area contributed by atoms with Crippen molar-refractivity contribution in [3.8, 4) is 11.5 Å². The number of likely N-dealkylation sites (tertiary alicyclic amines) is 1. The second-order valence-electron chi connectivity index (χ2n) is 8.22. The second-order valence-corrected chi connectivity index (χ2v) is 9.01. The summed E-state index contributed by atoms with van der Waals surface area (Å²) in [5.41, 5.74) is 1.83. The van der Waals surface area contributed by atoms with E-state index in [1.165, 1.54) is 12.1 Å². The normalized spacial score (nSPS) is 19.7. The van der Waals surface area contributed by atoms with Crippen LogP contribution in [0.25, 0.3) is 11.5 Å². The van der Waals surface area contributed by atoms with Crippen LogP contribution in [0, 0.1) is 5.82 Å². The van der Waals surface area contributed by atoms with E-state index in [9.17, 15) is 4.39 Å². The lowest BCUT2D eigenvalue weighted by Gasteiger charge is -2.36. The summed E-state index contributed by atoms with van der Waals surface area (Å²) in [5, 5.41) is 16.4. The molecule has 2 aromatic heterocycles. The molecule has 32 heavy (non-hydrogen) atoms. The van der Waals surface area contributed by atoms with Crippen LogP contribution in [-0.2, 0) is 0 Å². The molecule has 11 heteroatoms. The van der Waals surface area contributed by atoms with Crippen LogP contribution in [0.4, 0.5) is 15.9 Å². The van der Waals surface area contributed by atoms with E-state index in [-0.39, 0.29) is 17.0 Å². The average Bonchev–Trinajstić information content (AvgIpc) is 3.45. The van der Waals surface area contributed by atoms with E-state index in [1.54, 1.807) is 0 Å². The highest BCUT2D eigenvalue weighted by Gasteiger charge is 2.30. The predicted molar refractivity (Wildman–Crippen MR) is 121 cm³/mol. The van der Waals surface area contributed by atoms with Crippen LogP contribution in [0.2, 0.25) is 10.0 Å². The summed E-state index contributed by atoms with van der Waals surface area (Å²) in [5.74, 6) is 1.35. The first kappa shape index (κ1) is 21.4. The zero-order valence-corrected chi connectivity index (χ0v) is 19.2. The summed E-state index contributed by atoms with van der Waals surface area (Å²) in [4.78, 5) is 8.89. The van der Waals surface area contributed by atoms with Crippen molar-refractivity contribution in [1.82, 2.24) is 25.2 Å². The minimum atomic E-state index is -0.501. The minimum absolute atomic E-state index is 0.0247. The molecule has 2 aliphatic heterocycles. The van der Waals surface area contributed by atoms with Gasteiger partial charge in [0.1, 0.15) is 11.5 Å². The Kier molecular flexibility index (Phi) is 5.65.